The summed E-state index contributed by atoms with van der Waals surface area (Å²) in [6.07, 6.45) is 0.379. The Morgan fingerprint density at radius 2 is 2.20 bits per heavy atom. The summed E-state index contributed by atoms with van der Waals surface area (Å²) in [6.45, 7) is 3.55. The van der Waals surface area contributed by atoms with Crippen molar-refractivity contribution in [2.75, 3.05) is 0 Å². The molecular weight excluding hydrogens is 214 g/mol. The molecule has 15 heavy (non-hydrogen) atoms. The molecule has 82 valence electrons. The summed E-state index contributed by atoms with van der Waals surface area (Å²) >= 11 is 1.43. The van der Waals surface area contributed by atoms with Crippen LogP contribution < -0.4 is 5.32 Å². The van der Waals surface area contributed by atoms with Gasteiger partial charge in [-0.25, -0.2) is 4.79 Å². The fraction of sp³-hybridized carbons (Fsp3) is 0.400. The van der Waals surface area contributed by atoms with Crippen molar-refractivity contribution >= 4 is 23.2 Å². The zero-order valence-electron chi connectivity index (χ0n) is 8.61. The number of carboxylic acids is 1. The van der Waals surface area contributed by atoms with Gasteiger partial charge in [-0.3, -0.25) is 4.79 Å². The number of carbonyl (C=O) groups is 2. The molecule has 0 bridgehead atoms. The number of nitrogens with one attached hydrogen (secondary N) is 1. The van der Waals surface area contributed by atoms with Gasteiger partial charge in [-0.15, -0.1) is 0 Å². The smallest absolute Gasteiger partial charge is 0.326 e. The van der Waals surface area contributed by atoms with Crippen LogP contribution in [0.2, 0.25) is 0 Å². The van der Waals surface area contributed by atoms with E-state index in [9.17, 15) is 9.59 Å². The van der Waals surface area contributed by atoms with Crippen molar-refractivity contribution in [2.24, 2.45) is 0 Å². The first kappa shape index (κ1) is 11.7. The molecule has 1 atom stereocenters. The monoisotopic (exact) mass is 227 g/mol. The lowest BCUT2D eigenvalue weighted by Crippen LogP contribution is -2.40. The molecule has 0 aliphatic carbocycles. The maximum Gasteiger partial charge on any atom is 0.326 e. The molecule has 0 saturated heterocycles. The van der Waals surface area contributed by atoms with Crippen LogP contribution in [0.15, 0.2) is 10.8 Å². The molecule has 0 spiro atoms. The Morgan fingerprint density at radius 1 is 1.53 bits per heavy atom. The molecule has 0 aliphatic heterocycles. The van der Waals surface area contributed by atoms with Crippen LogP contribution in [0.5, 0.6) is 0 Å². The van der Waals surface area contributed by atoms with Gasteiger partial charge in [-0.05, 0) is 24.3 Å². The van der Waals surface area contributed by atoms with Gasteiger partial charge in [0.1, 0.15) is 6.04 Å². The summed E-state index contributed by atoms with van der Waals surface area (Å²) in [4.78, 5) is 22.3. The zero-order chi connectivity index (χ0) is 11.4. The van der Waals surface area contributed by atoms with Crippen molar-refractivity contribution in [1.29, 1.82) is 0 Å². The highest BCUT2D eigenvalue weighted by Gasteiger charge is 2.19. The van der Waals surface area contributed by atoms with Crippen LogP contribution in [0.4, 0.5) is 0 Å². The number of thiophene rings is 1. The molecule has 4 nitrogen and oxygen atoms in total. The fourth-order valence-electron chi connectivity index (χ4n) is 1.17. The second-order valence-electron chi connectivity index (χ2n) is 3.24. The SMILES string of the molecule is CC[C@@H](NC(=O)c1cscc1C)C(=O)O. The number of amides is 1. The molecule has 1 aromatic heterocycles. The van der Waals surface area contributed by atoms with Crippen molar-refractivity contribution in [3.63, 3.8) is 0 Å². The molecule has 0 saturated carbocycles. The topological polar surface area (TPSA) is 66.4 Å². The van der Waals surface area contributed by atoms with E-state index in [4.69, 9.17) is 5.11 Å². The molecule has 1 aromatic rings. The van der Waals surface area contributed by atoms with E-state index in [1.807, 2.05) is 12.3 Å². The van der Waals surface area contributed by atoms with Gasteiger partial charge in [0.15, 0.2) is 0 Å². The van der Waals surface area contributed by atoms with Crippen LogP contribution in [0, 0.1) is 6.92 Å². The molecule has 1 rings (SSSR count). The van der Waals surface area contributed by atoms with Gasteiger partial charge in [0.2, 0.25) is 0 Å². The number of hydrogen-bond acceptors (Lipinski definition) is 3. The van der Waals surface area contributed by atoms with E-state index in [2.05, 4.69) is 5.32 Å². The number of carbonyl (C=O) groups excluding carboxylic acids is 1. The van der Waals surface area contributed by atoms with Gasteiger partial charge in [-0.2, -0.15) is 11.3 Å². The zero-order valence-corrected chi connectivity index (χ0v) is 9.43. The van der Waals surface area contributed by atoms with Gasteiger partial charge in [0.25, 0.3) is 5.91 Å². The summed E-state index contributed by atoms with van der Waals surface area (Å²) in [6, 6.07) is -0.809. The minimum atomic E-state index is -1.00. The van der Waals surface area contributed by atoms with E-state index in [0.29, 0.717) is 12.0 Å². The van der Waals surface area contributed by atoms with E-state index in [1.165, 1.54) is 11.3 Å². The van der Waals surface area contributed by atoms with Crippen LogP contribution in [-0.2, 0) is 4.79 Å². The van der Waals surface area contributed by atoms with Gasteiger partial charge in [0.05, 0.1) is 5.56 Å². The van der Waals surface area contributed by atoms with Gasteiger partial charge in [0, 0.05) is 5.38 Å². The maximum absolute atomic E-state index is 11.6. The highest BCUT2D eigenvalue weighted by atomic mass is 32.1. The largest absolute Gasteiger partial charge is 0.480 e. The van der Waals surface area contributed by atoms with Gasteiger partial charge >= 0.3 is 5.97 Å². The van der Waals surface area contributed by atoms with E-state index < -0.39 is 12.0 Å². The van der Waals surface area contributed by atoms with Crippen molar-refractivity contribution in [1.82, 2.24) is 5.32 Å². The lowest BCUT2D eigenvalue weighted by Gasteiger charge is -2.11. The Kier molecular flexibility index (Phi) is 3.85. The van der Waals surface area contributed by atoms with E-state index >= 15 is 0 Å². The Hall–Kier alpha value is -1.36. The van der Waals surface area contributed by atoms with E-state index in [-0.39, 0.29) is 5.91 Å². The summed E-state index contributed by atoms with van der Waals surface area (Å²) in [7, 11) is 0. The molecule has 1 heterocycles. The van der Waals surface area contributed by atoms with Crippen LogP contribution in [0.25, 0.3) is 0 Å². The fourth-order valence-corrected chi connectivity index (χ4v) is 2.00. The number of rotatable bonds is 4. The molecule has 0 unspecified atom stereocenters. The normalized spacial score (nSPS) is 12.1. The minimum Gasteiger partial charge on any atom is -0.480 e. The number of aryl methyl sites for hydroxylation is 1. The number of carboxylic acid groups (broad SMARTS) is 1. The Balaban J connectivity index is 2.71. The average molecular weight is 227 g/mol. The Bertz CT molecular complexity index is 372. The lowest BCUT2D eigenvalue weighted by molar-refractivity contribution is -0.139. The van der Waals surface area contributed by atoms with Crippen LogP contribution in [0.1, 0.15) is 29.3 Å². The minimum absolute atomic E-state index is 0.317. The third-order valence-corrected chi connectivity index (χ3v) is 2.97. The molecule has 2 N–H and O–H groups in total. The van der Waals surface area contributed by atoms with E-state index in [1.54, 1.807) is 12.3 Å². The first-order valence-corrected chi connectivity index (χ1v) is 5.57. The maximum atomic E-state index is 11.6. The average Bonchev–Trinajstić information content (AvgIpc) is 2.60. The number of hydrogen-bond donors (Lipinski definition) is 2. The Labute approximate surface area is 91.9 Å². The van der Waals surface area contributed by atoms with Crippen molar-refractivity contribution in [3.05, 3.63) is 21.9 Å². The first-order chi connectivity index (χ1) is 7.06. The van der Waals surface area contributed by atoms with Crippen molar-refractivity contribution < 1.29 is 14.7 Å². The quantitative estimate of drug-likeness (QED) is 0.822. The second-order valence-corrected chi connectivity index (χ2v) is 3.98. The van der Waals surface area contributed by atoms with Gasteiger partial charge in [-0.1, -0.05) is 6.92 Å². The van der Waals surface area contributed by atoms with Crippen molar-refractivity contribution in [2.45, 2.75) is 26.3 Å². The van der Waals surface area contributed by atoms with E-state index in [0.717, 1.165) is 5.56 Å². The molecular formula is C10H13NO3S. The first-order valence-electron chi connectivity index (χ1n) is 4.62. The van der Waals surface area contributed by atoms with Crippen LogP contribution >= 0.6 is 11.3 Å². The molecule has 0 aromatic carbocycles. The summed E-state index contributed by atoms with van der Waals surface area (Å²) < 4.78 is 0. The summed E-state index contributed by atoms with van der Waals surface area (Å²) in [5.74, 6) is -1.32. The van der Waals surface area contributed by atoms with Crippen LogP contribution in [0.3, 0.4) is 0 Å². The Morgan fingerprint density at radius 3 is 2.60 bits per heavy atom. The highest BCUT2D eigenvalue weighted by Crippen LogP contribution is 2.13. The standard InChI is InChI=1S/C10H13NO3S/c1-3-8(10(13)14)11-9(12)7-5-15-4-6(7)2/h4-5,8H,3H2,1-2H3,(H,11,12)(H,13,14)/t8-/m1/s1. The highest BCUT2D eigenvalue weighted by molar-refractivity contribution is 7.08. The van der Waals surface area contributed by atoms with Crippen LogP contribution in [-0.4, -0.2) is 23.0 Å². The molecule has 5 heteroatoms. The second kappa shape index (κ2) is 4.93. The van der Waals surface area contributed by atoms with Crippen molar-refractivity contribution in [3.8, 4) is 0 Å². The summed E-state index contributed by atoms with van der Waals surface area (Å²) in [5, 5.41) is 14.8. The molecule has 0 aliphatic rings. The third-order valence-electron chi connectivity index (χ3n) is 2.11. The molecule has 1 amide bonds. The van der Waals surface area contributed by atoms with Gasteiger partial charge < -0.3 is 10.4 Å². The lowest BCUT2D eigenvalue weighted by atomic mass is 10.1. The predicted molar refractivity (Wildman–Crippen MR) is 58.2 cm³/mol. The molecule has 0 fully saturated rings. The number of aliphatic carboxylic acids is 1. The molecule has 0 radical (unpaired) electrons. The third kappa shape index (κ3) is 2.79. The predicted octanol–water partition coefficient (Wildman–Crippen LogP) is 1.65. The summed E-state index contributed by atoms with van der Waals surface area (Å²) in [5.41, 5.74) is 1.43.